The van der Waals surface area contributed by atoms with Crippen molar-refractivity contribution in [3.8, 4) is 5.75 Å². The Hall–Kier alpha value is -0.0600. The first-order valence-electron chi connectivity index (χ1n) is 12.1. The van der Waals surface area contributed by atoms with E-state index < -0.39 is 7.82 Å². The summed E-state index contributed by atoms with van der Waals surface area (Å²) in [6.07, 6.45) is 6.64. The van der Waals surface area contributed by atoms with Crippen LogP contribution in [-0.4, -0.2) is 16.7 Å². The molecule has 1 aromatic heterocycles. The Morgan fingerprint density at radius 1 is 1.30 bits per heavy atom. The molecule has 0 aliphatic heterocycles. The predicted molar refractivity (Wildman–Crippen MR) is 128 cm³/mol. The molecule has 2 aromatic rings. The number of aryl methyl sites for hydroxylation is 2. The smallest absolute Gasteiger partial charge is 0.780 e. The largest absolute Gasteiger partial charge is 1.00 e. The quantitative estimate of drug-likeness (QED) is 0.311. The summed E-state index contributed by atoms with van der Waals surface area (Å²) in [4.78, 5) is 53.0. The summed E-state index contributed by atoms with van der Waals surface area (Å²) in [6, 6.07) is 5.11. The van der Waals surface area contributed by atoms with Crippen LogP contribution in [0.4, 0.5) is 5.13 Å². The van der Waals surface area contributed by atoms with Crippen LogP contribution in [0.2, 0.25) is 0 Å². The Labute approximate surface area is 265 Å². The van der Waals surface area contributed by atoms with Crippen LogP contribution in [-0.2, 0) is 20.6 Å². The van der Waals surface area contributed by atoms with E-state index in [1.165, 1.54) is 11.3 Å². The van der Waals surface area contributed by atoms with E-state index in [2.05, 4.69) is 21.7 Å². The summed E-state index contributed by atoms with van der Waals surface area (Å²) < 4.78 is 15.6. The number of thiazole rings is 1. The molecule has 1 amide bonds. The molecule has 12 heteroatoms. The van der Waals surface area contributed by atoms with Gasteiger partial charge in [-0.05, 0) is 86.0 Å². The van der Waals surface area contributed by atoms with E-state index in [-0.39, 0.29) is 93.9 Å². The summed E-state index contributed by atoms with van der Waals surface area (Å²) >= 11 is 1.45. The normalized spacial score (nSPS) is 28.2. The minimum Gasteiger partial charge on any atom is -0.780 e. The molecule has 3 aliphatic rings. The first kappa shape index (κ1) is 31.5. The number of Topliss-reactive ketones (excluding diaryl/α,β-unsaturated/α-hetero) is 1. The second-order valence-corrected chi connectivity index (χ2v) is 12.8. The van der Waals surface area contributed by atoms with Crippen LogP contribution < -0.4 is 78.7 Å². The van der Waals surface area contributed by atoms with Crippen LogP contribution in [0.3, 0.4) is 0 Å². The van der Waals surface area contributed by atoms with Crippen molar-refractivity contribution in [3.05, 3.63) is 40.4 Å². The minimum absolute atomic E-state index is 0. The number of nitrogens with zero attached hydrogens (tertiary/aromatic N) is 1. The van der Waals surface area contributed by atoms with Gasteiger partial charge in [-0.2, -0.15) is 0 Å². The third kappa shape index (κ3) is 6.64. The average Bonchev–Trinajstić information content (AvgIpc) is 3.30. The van der Waals surface area contributed by atoms with E-state index >= 15 is 0 Å². The van der Waals surface area contributed by atoms with E-state index in [1.54, 1.807) is 18.3 Å². The molecule has 3 aliphatic carbocycles. The summed E-state index contributed by atoms with van der Waals surface area (Å²) in [6.45, 7) is 4.06. The number of fused-ring (bicyclic) bond motifs is 5. The number of anilines is 1. The zero-order valence-electron chi connectivity index (χ0n) is 21.8. The van der Waals surface area contributed by atoms with Crippen LogP contribution >= 0.6 is 19.2 Å². The van der Waals surface area contributed by atoms with Gasteiger partial charge in [0.2, 0.25) is 5.91 Å². The third-order valence-corrected chi connectivity index (χ3v) is 9.63. The van der Waals surface area contributed by atoms with Gasteiger partial charge in [-0.1, -0.05) is 13.0 Å². The molecule has 0 spiro atoms. The van der Waals surface area contributed by atoms with Crippen LogP contribution in [0.25, 0.3) is 0 Å². The van der Waals surface area contributed by atoms with E-state index in [0.717, 1.165) is 41.7 Å². The molecule has 8 nitrogen and oxygen atoms in total. The van der Waals surface area contributed by atoms with Gasteiger partial charge in [0.1, 0.15) is 19.4 Å². The van der Waals surface area contributed by atoms with Crippen molar-refractivity contribution in [2.75, 3.05) is 5.32 Å². The van der Waals surface area contributed by atoms with Crippen molar-refractivity contribution in [1.29, 1.82) is 0 Å². The zero-order chi connectivity index (χ0) is 25.0. The van der Waals surface area contributed by atoms with Crippen molar-refractivity contribution in [2.24, 2.45) is 23.2 Å². The van der Waals surface area contributed by atoms with Gasteiger partial charge in [0.05, 0.1) is 0 Å². The van der Waals surface area contributed by atoms with Gasteiger partial charge >= 0.3 is 59.1 Å². The molecule has 3 unspecified atom stereocenters. The Kier molecular flexibility index (Phi) is 10.4. The molecular weight excluding hydrogens is 533 g/mol. The van der Waals surface area contributed by atoms with Crippen molar-refractivity contribution in [2.45, 2.75) is 64.7 Å². The number of nitrogens with one attached hydrogen (secondary N) is 1. The van der Waals surface area contributed by atoms with Gasteiger partial charge in [0.25, 0.3) is 0 Å². The topological polar surface area (TPSA) is 131 Å². The first-order valence-corrected chi connectivity index (χ1v) is 14.4. The molecule has 2 fully saturated rings. The van der Waals surface area contributed by atoms with E-state index in [4.69, 9.17) is 0 Å². The number of benzene rings is 1. The van der Waals surface area contributed by atoms with Gasteiger partial charge in [0, 0.05) is 29.3 Å². The van der Waals surface area contributed by atoms with E-state index in [9.17, 15) is 23.9 Å². The number of hydrogen-bond donors (Lipinski definition) is 1. The molecule has 1 aromatic carbocycles. The second kappa shape index (κ2) is 12.2. The molecule has 1 heterocycles. The molecular formula is C25H29N2Na2O6PS. The Morgan fingerprint density at radius 2 is 2.05 bits per heavy atom. The number of rotatable bonds is 6. The van der Waals surface area contributed by atoms with Crippen LogP contribution in [0.15, 0.2) is 24.4 Å². The Bertz CT molecular complexity index is 1220. The molecule has 1 N–H and O–H groups in total. The van der Waals surface area contributed by atoms with Gasteiger partial charge in [0.15, 0.2) is 5.13 Å². The summed E-state index contributed by atoms with van der Waals surface area (Å²) in [5.74, 6) is 1.31. The third-order valence-electron chi connectivity index (χ3n) is 8.37. The molecule has 0 bridgehead atoms. The maximum absolute atomic E-state index is 13.2. The van der Waals surface area contributed by atoms with Gasteiger partial charge in [-0.25, -0.2) is 4.98 Å². The number of hydrogen-bond acceptors (Lipinski definition) is 8. The summed E-state index contributed by atoms with van der Waals surface area (Å²) in [7, 11) is -5.10. The molecule has 2 saturated carbocycles. The number of amides is 1. The molecule has 0 radical (unpaired) electrons. The maximum atomic E-state index is 13.2. The maximum Gasteiger partial charge on any atom is 1.00 e. The van der Waals surface area contributed by atoms with Gasteiger partial charge in [-0.15, -0.1) is 11.3 Å². The summed E-state index contributed by atoms with van der Waals surface area (Å²) in [5.41, 5.74) is 1.82. The average molecular weight is 563 g/mol. The van der Waals surface area contributed by atoms with Crippen molar-refractivity contribution < 1.29 is 87.6 Å². The number of ketones is 1. The fourth-order valence-electron chi connectivity index (χ4n) is 6.98. The number of carbonyl (C=O) groups excluding carboxylic acids is 2. The monoisotopic (exact) mass is 562 g/mol. The van der Waals surface area contributed by atoms with Crippen molar-refractivity contribution in [1.82, 2.24) is 4.98 Å². The molecule has 5 atom stereocenters. The van der Waals surface area contributed by atoms with Gasteiger partial charge in [-0.3, -0.25) is 9.59 Å². The second-order valence-electron chi connectivity index (χ2n) is 10.4. The van der Waals surface area contributed by atoms with Crippen molar-refractivity contribution in [3.63, 3.8) is 0 Å². The molecule has 37 heavy (non-hydrogen) atoms. The predicted octanol–water partition coefficient (Wildman–Crippen LogP) is -2.26. The Morgan fingerprint density at radius 3 is 2.73 bits per heavy atom. The fourth-order valence-corrected chi connectivity index (χ4v) is 8.03. The Balaban J connectivity index is 0.00000190. The molecule has 5 rings (SSSR count). The number of carbonyl (C=O) groups is 2. The zero-order valence-corrected chi connectivity index (χ0v) is 27.5. The summed E-state index contributed by atoms with van der Waals surface area (Å²) in [5, 5.41) is 3.48. The number of phosphoric ester groups is 1. The molecule has 188 valence electrons. The van der Waals surface area contributed by atoms with E-state index in [1.807, 2.05) is 13.0 Å². The number of aromatic nitrogens is 1. The SMILES string of the molecule is Cc1cnc(NC(=O)CC[C@@H]2CC(=O)[C@@]3(C)CCC4c5ccc(OP(=O)([O-])[O-])cc5CCC4C23)s1.[Na+].[Na+]. The van der Waals surface area contributed by atoms with Crippen LogP contribution in [0.5, 0.6) is 5.75 Å². The van der Waals surface area contributed by atoms with Gasteiger partial charge < -0.3 is 24.2 Å². The minimum atomic E-state index is -5.10. The number of phosphoric acid groups is 1. The standard InChI is InChI=1S/C25H31N2O6PS.2Na/c1-14-13-26-24(35-14)27-22(29)8-4-16-12-21(28)25(2)10-9-19-18-7-5-17(33-34(30,31)32)11-15(18)3-6-20(19)23(16)25;;/h5,7,11,13,16,19-20,23H,3-4,6,8-10,12H2,1-2H3,(H,26,27,29)(H2,30,31,32);;/q;2*+1/p-2/t16-,19?,20?,23?,25-;;/m1../s1. The van der Waals surface area contributed by atoms with E-state index in [0.29, 0.717) is 36.1 Å². The fraction of sp³-hybridized carbons (Fsp3) is 0.560. The first-order chi connectivity index (χ1) is 16.5. The molecule has 0 saturated heterocycles. The van der Waals surface area contributed by atoms with Crippen LogP contribution in [0, 0.1) is 30.1 Å². The van der Waals surface area contributed by atoms with Crippen molar-refractivity contribution >= 4 is 36.0 Å². The van der Waals surface area contributed by atoms with Crippen LogP contribution in [0.1, 0.15) is 67.4 Å².